The maximum atomic E-state index is 10.9. The van der Waals surface area contributed by atoms with Crippen LogP contribution in [0.3, 0.4) is 0 Å². The molecular formula is C28H49NO4S. The Morgan fingerprint density at radius 1 is 1.00 bits per heavy atom. The Labute approximate surface area is 212 Å². The summed E-state index contributed by atoms with van der Waals surface area (Å²) in [7, 11) is 1.71. The van der Waals surface area contributed by atoms with Gasteiger partial charge in [0.1, 0.15) is 12.0 Å². The Hall–Kier alpha value is -2.18. The van der Waals surface area contributed by atoms with Crippen LogP contribution in [0, 0.1) is 0 Å². The molecule has 6 heteroatoms. The van der Waals surface area contributed by atoms with Crippen molar-refractivity contribution >= 4 is 23.5 Å². The van der Waals surface area contributed by atoms with Crippen molar-refractivity contribution in [3.8, 4) is 5.75 Å². The lowest BCUT2D eigenvalue weighted by Gasteiger charge is -2.20. The Morgan fingerprint density at radius 2 is 1.47 bits per heavy atom. The number of hydrogen-bond acceptors (Lipinski definition) is 5. The Bertz CT molecular complexity index is 759. The van der Waals surface area contributed by atoms with Crippen LogP contribution < -0.4 is 5.73 Å². The van der Waals surface area contributed by atoms with Crippen LogP contribution in [0.15, 0.2) is 36.4 Å². The van der Waals surface area contributed by atoms with Crippen molar-refractivity contribution in [2.24, 2.45) is 5.73 Å². The third-order valence-electron chi connectivity index (χ3n) is 4.50. The van der Waals surface area contributed by atoms with Gasteiger partial charge >= 0.3 is 0 Å². The molecule has 1 amide bonds. The van der Waals surface area contributed by atoms with Gasteiger partial charge in [-0.15, -0.1) is 11.3 Å². The van der Waals surface area contributed by atoms with Gasteiger partial charge in [-0.3, -0.25) is 4.79 Å². The predicted molar refractivity (Wildman–Crippen MR) is 148 cm³/mol. The average molecular weight is 496 g/mol. The number of nitrogens with two attached hydrogens (primary N) is 1. The highest BCUT2D eigenvalue weighted by molar-refractivity contribution is 7.14. The molecule has 2 aromatic rings. The molecule has 2 rings (SSSR count). The summed E-state index contributed by atoms with van der Waals surface area (Å²) in [5.41, 5.74) is 6.45. The van der Waals surface area contributed by atoms with E-state index in [1.807, 2.05) is 66.7 Å². The third kappa shape index (κ3) is 18.3. The molecule has 196 valence electrons. The number of hydrogen-bond donors (Lipinski definition) is 2. The van der Waals surface area contributed by atoms with Crippen LogP contribution in [-0.2, 0) is 21.4 Å². The highest BCUT2D eigenvalue weighted by Crippen LogP contribution is 2.32. The lowest BCUT2D eigenvalue weighted by atomic mass is 9.89. The highest BCUT2D eigenvalue weighted by atomic mass is 32.1. The van der Waals surface area contributed by atoms with Gasteiger partial charge in [-0.05, 0) is 68.9 Å². The number of primary amides is 1. The molecule has 34 heavy (non-hydrogen) atoms. The van der Waals surface area contributed by atoms with E-state index in [4.69, 9.17) is 15.6 Å². The third-order valence-corrected chi connectivity index (χ3v) is 5.97. The van der Waals surface area contributed by atoms with Gasteiger partial charge < -0.3 is 20.4 Å². The Balaban J connectivity index is -0.000000415. The molecule has 3 N–H and O–H groups in total. The molecule has 0 spiro atoms. The summed E-state index contributed by atoms with van der Waals surface area (Å²) in [6, 6.07) is 10.7. The van der Waals surface area contributed by atoms with E-state index >= 15 is 0 Å². The van der Waals surface area contributed by atoms with Gasteiger partial charge in [0.2, 0.25) is 0 Å². The highest BCUT2D eigenvalue weighted by Gasteiger charge is 2.20. The number of methoxy groups -OCH3 is 1. The fourth-order valence-corrected chi connectivity index (χ4v) is 2.93. The fraction of sp³-hybridized carbons (Fsp3) is 0.571. The lowest BCUT2D eigenvalue weighted by molar-refractivity contribution is -0.107. The van der Waals surface area contributed by atoms with E-state index in [-0.39, 0.29) is 22.7 Å². The van der Waals surface area contributed by atoms with Gasteiger partial charge in [0.15, 0.2) is 0 Å². The molecule has 0 atom stereocenters. The Kier molecular flexibility index (Phi) is 21.6. The molecule has 0 aliphatic heterocycles. The quantitative estimate of drug-likeness (QED) is 0.405. The maximum absolute atomic E-state index is 10.9. The fourth-order valence-electron chi connectivity index (χ4n) is 1.90. The molecule has 1 heterocycles. The summed E-state index contributed by atoms with van der Waals surface area (Å²) in [4.78, 5) is 22.7. The van der Waals surface area contributed by atoms with Crippen LogP contribution >= 0.6 is 11.3 Å². The van der Waals surface area contributed by atoms with Crippen LogP contribution in [0.2, 0.25) is 0 Å². The van der Waals surface area contributed by atoms with Gasteiger partial charge in [-0.25, -0.2) is 0 Å². The van der Waals surface area contributed by atoms with Crippen molar-refractivity contribution in [2.75, 3.05) is 7.11 Å². The molecule has 1 aromatic carbocycles. The monoisotopic (exact) mass is 495 g/mol. The van der Waals surface area contributed by atoms with E-state index in [9.17, 15) is 9.59 Å². The summed E-state index contributed by atoms with van der Waals surface area (Å²) >= 11 is 1.50. The number of amides is 1. The first-order chi connectivity index (χ1) is 15.9. The topological polar surface area (TPSA) is 89.6 Å². The molecule has 0 unspecified atom stereocenters. The summed E-state index contributed by atoms with van der Waals surface area (Å²) in [6.45, 7) is 20.5. The first-order valence-corrected chi connectivity index (χ1v) is 12.8. The average Bonchev–Trinajstić information content (AvgIpc) is 3.34. The number of carbonyl (C=O) groups is 2. The van der Waals surface area contributed by atoms with Gasteiger partial charge in [0, 0.05) is 18.4 Å². The van der Waals surface area contributed by atoms with E-state index in [1.54, 1.807) is 25.3 Å². The van der Waals surface area contributed by atoms with E-state index in [2.05, 4.69) is 20.8 Å². The maximum Gasteiger partial charge on any atom is 0.258 e. The largest absolute Gasteiger partial charge is 0.508 e. The van der Waals surface area contributed by atoms with Gasteiger partial charge in [0.05, 0.1) is 10.5 Å². The zero-order valence-corrected chi connectivity index (χ0v) is 24.1. The molecule has 1 aromatic heterocycles. The second-order valence-electron chi connectivity index (χ2n) is 8.45. The van der Waals surface area contributed by atoms with E-state index in [0.717, 1.165) is 24.7 Å². The summed E-state index contributed by atoms with van der Waals surface area (Å²) in [6.07, 6.45) is 3.26. The first-order valence-electron chi connectivity index (χ1n) is 12.0. The lowest BCUT2D eigenvalue weighted by Crippen LogP contribution is -2.15. The minimum absolute atomic E-state index is 0.0417. The summed E-state index contributed by atoms with van der Waals surface area (Å²) in [5, 5.41) is 8.91. The number of benzene rings is 1. The number of thiophene rings is 1. The number of aldehydes is 1. The standard InChI is InChI=1S/C10H15NOS.C9H10O2.C5H12O.2C2H6/c1-4-10(2,3)8-6-5-7(13-8)9(11)12;10-7-1-2-8-3-5-9(11)6-4-8;1-5(2,3)6-4;2*1-2/h5-6H,4H2,1-3H3,(H2,11,12);3-7,11H,1-2H2;1-4H3;2*1-2H3. The second-order valence-corrected chi connectivity index (χ2v) is 9.54. The molecule has 0 radical (unpaired) electrons. The number of carbonyl (C=O) groups excluding carboxylic acids is 2. The summed E-state index contributed by atoms with van der Waals surface area (Å²) in [5.74, 6) is -0.0667. The smallest absolute Gasteiger partial charge is 0.258 e. The SMILES string of the molecule is CC.CC.CCC(C)(C)c1ccc(C(N)=O)s1.COC(C)(C)C.O=CCCc1ccc(O)cc1. The van der Waals surface area contributed by atoms with Crippen molar-refractivity contribution in [3.05, 3.63) is 51.7 Å². The van der Waals surface area contributed by atoms with Crippen molar-refractivity contribution in [1.29, 1.82) is 0 Å². The molecule has 0 aliphatic carbocycles. The molecule has 0 aliphatic rings. The number of aromatic hydroxyl groups is 1. The van der Waals surface area contributed by atoms with Crippen molar-refractivity contribution < 1.29 is 19.4 Å². The molecule has 0 saturated carbocycles. The summed E-state index contributed by atoms with van der Waals surface area (Å²) < 4.78 is 4.94. The second kappa shape index (κ2) is 20.2. The van der Waals surface area contributed by atoms with Crippen LogP contribution in [0.25, 0.3) is 0 Å². The molecular weight excluding hydrogens is 446 g/mol. The number of phenols is 1. The van der Waals surface area contributed by atoms with Crippen molar-refractivity contribution in [3.63, 3.8) is 0 Å². The number of rotatable bonds is 6. The number of ether oxygens (including phenoxy) is 1. The van der Waals surface area contributed by atoms with Gasteiger partial charge in [-0.2, -0.15) is 0 Å². The van der Waals surface area contributed by atoms with Gasteiger partial charge in [0.25, 0.3) is 5.91 Å². The van der Waals surface area contributed by atoms with E-state index in [1.165, 1.54) is 16.2 Å². The van der Waals surface area contributed by atoms with Gasteiger partial charge in [-0.1, -0.05) is 60.6 Å². The molecule has 5 nitrogen and oxygen atoms in total. The number of aryl methyl sites for hydroxylation is 1. The molecule has 0 saturated heterocycles. The predicted octanol–water partition coefficient (Wildman–Crippen LogP) is 7.54. The zero-order chi connectivity index (χ0) is 27.4. The van der Waals surface area contributed by atoms with Crippen molar-refractivity contribution in [2.45, 2.75) is 99.5 Å². The van der Waals surface area contributed by atoms with Crippen LogP contribution in [0.5, 0.6) is 5.75 Å². The minimum atomic E-state index is -0.330. The number of phenolic OH excluding ortho intramolecular Hbond substituents is 1. The van der Waals surface area contributed by atoms with Crippen LogP contribution in [0.4, 0.5) is 0 Å². The normalized spacial score (nSPS) is 9.97. The molecule has 0 bridgehead atoms. The molecule has 0 fully saturated rings. The minimum Gasteiger partial charge on any atom is -0.508 e. The van der Waals surface area contributed by atoms with E-state index < -0.39 is 0 Å². The van der Waals surface area contributed by atoms with Crippen LogP contribution in [0.1, 0.15) is 102 Å². The Morgan fingerprint density at radius 3 is 1.79 bits per heavy atom. The van der Waals surface area contributed by atoms with E-state index in [0.29, 0.717) is 11.3 Å². The van der Waals surface area contributed by atoms with Crippen molar-refractivity contribution in [1.82, 2.24) is 0 Å². The zero-order valence-electron chi connectivity index (χ0n) is 23.3. The first kappa shape index (κ1) is 36.4. The van der Waals surface area contributed by atoms with Crippen LogP contribution in [-0.4, -0.2) is 30.0 Å².